The van der Waals surface area contributed by atoms with Crippen molar-refractivity contribution in [3.63, 3.8) is 0 Å². The molecule has 0 saturated carbocycles. The molecule has 2 aliphatic heterocycles. The highest BCUT2D eigenvalue weighted by Gasteiger charge is 2.53. The zero-order valence-electron chi connectivity index (χ0n) is 19.2. The number of hydrogen-bond acceptors (Lipinski definition) is 5. The van der Waals surface area contributed by atoms with E-state index >= 15 is 0 Å². The third kappa shape index (κ3) is 4.48. The van der Waals surface area contributed by atoms with Crippen LogP contribution >= 0.6 is 24.0 Å². The van der Waals surface area contributed by atoms with Gasteiger partial charge in [-0.15, -0.1) is 0 Å². The second-order valence-corrected chi connectivity index (χ2v) is 15.2. The third-order valence-electron chi connectivity index (χ3n) is 6.67. The highest BCUT2D eigenvalue weighted by Crippen LogP contribution is 2.42. The molecule has 0 radical (unpaired) electrons. The fourth-order valence-electron chi connectivity index (χ4n) is 5.11. The first-order chi connectivity index (χ1) is 15.4. The Labute approximate surface area is 202 Å². The van der Waals surface area contributed by atoms with Gasteiger partial charge in [0.2, 0.25) is 4.38 Å². The van der Waals surface area contributed by atoms with Crippen LogP contribution in [0.5, 0.6) is 0 Å². The van der Waals surface area contributed by atoms with E-state index in [2.05, 4.69) is 93.6 Å². The fourth-order valence-corrected chi connectivity index (χ4v) is 9.96. The van der Waals surface area contributed by atoms with E-state index < -0.39 is 8.32 Å². The molecule has 3 nitrogen and oxygen atoms in total. The predicted octanol–water partition coefficient (Wildman–Crippen LogP) is 4.80. The maximum atomic E-state index is 7.20. The Bertz CT molecular complexity index is 903. The molecule has 0 N–H and O–H groups in total. The smallest absolute Gasteiger partial charge is 0.261 e. The average molecular weight is 485 g/mol. The monoisotopic (exact) mass is 484 g/mol. The quantitative estimate of drug-likeness (QED) is 0.320. The van der Waals surface area contributed by atoms with Crippen molar-refractivity contribution in [1.82, 2.24) is 0 Å². The van der Waals surface area contributed by atoms with Gasteiger partial charge in [-0.2, -0.15) is 0 Å². The molecular formula is C26H32O3S2Si. The molecule has 1 fully saturated rings. The summed E-state index contributed by atoms with van der Waals surface area (Å²) in [5.74, 6) is 0.490. The number of fused-ring (bicyclic) bond motifs is 2. The molecule has 2 aromatic rings. The van der Waals surface area contributed by atoms with Crippen molar-refractivity contribution in [2.24, 2.45) is 11.8 Å². The Kier molecular flexibility index (Phi) is 7.27. The van der Waals surface area contributed by atoms with E-state index in [0.29, 0.717) is 17.6 Å². The Hall–Kier alpha value is -1.44. The minimum absolute atomic E-state index is 0.0452. The van der Waals surface area contributed by atoms with Gasteiger partial charge in [0.1, 0.15) is 0 Å². The first-order valence-corrected chi connectivity index (χ1v) is 14.7. The van der Waals surface area contributed by atoms with Crippen molar-refractivity contribution in [3.8, 4) is 0 Å². The van der Waals surface area contributed by atoms with Crippen LogP contribution in [0.1, 0.15) is 20.8 Å². The minimum atomic E-state index is -2.58. The summed E-state index contributed by atoms with van der Waals surface area (Å²) in [5.41, 5.74) is 0. The Morgan fingerprint density at radius 1 is 0.906 bits per heavy atom. The van der Waals surface area contributed by atoms with E-state index in [9.17, 15) is 0 Å². The van der Waals surface area contributed by atoms with Gasteiger partial charge in [0, 0.05) is 18.4 Å². The summed E-state index contributed by atoms with van der Waals surface area (Å²) >= 11 is 6.74. The number of rotatable bonds is 7. The van der Waals surface area contributed by atoms with Gasteiger partial charge in [0.25, 0.3) is 8.32 Å². The van der Waals surface area contributed by atoms with Crippen molar-refractivity contribution in [3.05, 3.63) is 72.8 Å². The molecule has 6 heteroatoms. The molecular weight excluding hydrogens is 453 g/mol. The van der Waals surface area contributed by atoms with Crippen LogP contribution in [0.15, 0.2) is 72.8 Å². The molecule has 2 bridgehead atoms. The van der Waals surface area contributed by atoms with Crippen molar-refractivity contribution >= 4 is 47.1 Å². The molecule has 0 unspecified atom stereocenters. The molecule has 4 rings (SSSR count). The lowest BCUT2D eigenvalue weighted by Crippen LogP contribution is -2.67. The number of thioether (sulfide) groups is 1. The lowest BCUT2D eigenvalue weighted by molar-refractivity contribution is 0.0926. The zero-order chi connectivity index (χ0) is 22.8. The molecule has 0 aromatic heterocycles. The summed E-state index contributed by atoms with van der Waals surface area (Å²) < 4.78 is 19.9. The standard InChI is InChI=1S/C26H32O3S2Si/c1-26(2,3)32(19-11-7-5-8-12-19,20-13-9-6-10-14-20)28-18-22-21(17-27-25(30)31-4)23-15-16-24(22)29-23/h5-16,21-24H,17-18H2,1-4H3/t21-,22+,23+,24-/m0/s1. The predicted molar refractivity (Wildman–Crippen MR) is 140 cm³/mol. The van der Waals surface area contributed by atoms with Crippen LogP contribution in [0, 0.1) is 11.8 Å². The largest absolute Gasteiger partial charge is 0.478 e. The molecule has 0 amide bonds. The van der Waals surface area contributed by atoms with Crippen LogP contribution in [-0.2, 0) is 13.9 Å². The summed E-state index contributed by atoms with van der Waals surface area (Å²) in [4.78, 5) is 0. The number of ether oxygens (including phenoxy) is 2. The minimum Gasteiger partial charge on any atom is -0.478 e. The van der Waals surface area contributed by atoms with Gasteiger partial charge in [-0.25, -0.2) is 0 Å². The van der Waals surface area contributed by atoms with Gasteiger partial charge in [-0.05, 0) is 33.9 Å². The molecule has 0 aliphatic carbocycles. The molecule has 2 aromatic carbocycles. The first kappa shape index (κ1) is 23.7. The van der Waals surface area contributed by atoms with Crippen LogP contribution in [0.25, 0.3) is 0 Å². The Balaban J connectivity index is 1.66. The first-order valence-electron chi connectivity index (χ1n) is 11.2. The topological polar surface area (TPSA) is 27.7 Å². The molecule has 4 atom stereocenters. The van der Waals surface area contributed by atoms with Gasteiger partial charge in [0.05, 0.1) is 18.8 Å². The Morgan fingerprint density at radius 3 is 1.88 bits per heavy atom. The van der Waals surface area contributed by atoms with E-state index in [1.165, 1.54) is 22.1 Å². The lowest BCUT2D eigenvalue weighted by atomic mass is 9.84. The highest BCUT2D eigenvalue weighted by atomic mass is 32.2. The summed E-state index contributed by atoms with van der Waals surface area (Å²) in [6, 6.07) is 21.6. The van der Waals surface area contributed by atoms with Crippen molar-refractivity contribution in [2.75, 3.05) is 19.5 Å². The highest BCUT2D eigenvalue weighted by molar-refractivity contribution is 8.22. The molecule has 0 spiro atoms. The SMILES string of the molecule is CSC(=S)OC[C@H]1[C@@H](CO[Si](c2ccccc2)(c2ccccc2)C(C)(C)C)[C@@H]2C=C[C@H]1O2. The van der Waals surface area contributed by atoms with Crippen molar-refractivity contribution < 1.29 is 13.9 Å². The lowest BCUT2D eigenvalue weighted by Gasteiger charge is -2.44. The summed E-state index contributed by atoms with van der Waals surface area (Å²) in [7, 11) is -2.58. The fraction of sp³-hybridized carbons (Fsp3) is 0.423. The molecule has 2 heterocycles. The van der Waals surface area contributed by atoms with E-state index in [0.717, 1.165) is 0 Å². The van der Waals surface area contributed by atoms with Gasteiger partial charge < -0.3 is 13.9 Å². The maximum Gasteiger partial charge on any atom is 0.261 e. The summed E-state index contributed by atoms with van der Waals surface area (Å²) in [5, 5.41) is 2.56. The summed E-state index contributed by atoms with van der Waals surface area (Å²) in [6.07, 6.45) is 6.46. The second-order valence-electron chi connectivity index (χ2n) is 9.52. The number of hydrogen-bond donors (Lipinski definition) is 0. The van der Waals surface area contributed by atoms with E-state index in [4.69, 9.17) is 26.1 Å². The normalized spacial score (nSPS) is 24.6. The van der Waals surface area contributed by atoms with Crippen LogP contribution in [0.2, 0.25) is 5.04 Å². The molecule has 1 saturated heterocycles. The average Bonchev–Trinajstić information content (AvgIpc) is 3.40. The van der Waals surface area contributed by atoms with Crippen LogP contribution in [0.3, 0.4) is 0 Å². The van der Waals surface area contributed by atoms with Gasteiger partial charge in [-0.3, -0.25) is 0 Å². The van der Waals surface area contributed by atoms with Gasteiger partial charge in [-0.1, -0.05) is 105 Å². The number of benzene rings is 2. The van der Waals surface area contributed by atoms with E-state index in [1.54, 1.807) is 0 Å². The number of thiocarbonyl (C=S) groups is 1. The van der Waals surface area contributed by atoms with Gasteiger partial charge in [0.15, 0.2) is 0 Å². The summed E-state index contributed by atoms with van der Waals surface area (Å²) in [6.45, 7) is 8.15. The third-order valence-corrected chi connectivity index (χ3v) is 12.7. The van der Waals surface area contributed by atoms with E-state index in [-0.39, 0.29) is 29.1 Å². The van der Waals surface area contributed by atoms with E-state index in [1.807, 2.05) is 6.26 Å². The zero-order valence-corrected chi connectivity index (χ0v) is 21.8. The Morgan fingerprint density at radius 2 is 1.41 bits per heavy atom. The van der Waals surface area contributed by atoms with Crippen LogP contribution in [0.4, 0.5) is 0 Å². The van der Waals surface area contributed by atoms with Crippen molar-refractivity contribution in [2.45, 2.75) is 38.0 Å². The van der Waals surface area contributed by atoms with Crippen LogP contribution in [-0.4, -0.2) is 44.4 Å². The molecule has 2 aliphatic rings. The molecule has 170 valence electrons. The maximum absolute atomic E-state index is 7.20. The van der Waals surface area contributed by atoms with Crippen molar-refractivity contribution in [1.29, 1.82) is 0 Å². The second kappa shape index (κ2) is 9.81. The van der Waals surface area contributed by atoms with Crippen LogP contribution < -0.4 is 10.4 Å². The van der Waals surface area contributed by atoms with Gasteiger partial charge >= 0.3 is 0 Å². The molecule has 32 heavy (non-hydrogen) atoms.